The van der Waals surface area contributed by atoms with E-state index in [0.29, 0.717) is 41.5 Å². The fourth-order valence-corrected chi connectivity index (χ4v) is 3.11. The van der Waals surface area contributed by atoms with E-state index in [9.17, 15) is 9.59 Å². The van der Waals surface area contributed by atoms with Crippen LogP contribution in [0.2, 0.25) is 0 Å². The average molecular weight is 400 g/mol. The van der Waals surface area contributed by atoms with Crippen LogP contribution in [0.5, 0.6) is 11.5 Å². The van der Waals surface area contributed by atoms with E-state index < -0.39 is 11.2 Å². The standard InChI is InChI=1S/C19H24N6O4/c1-23-17-16(18(26)24(2)19(23)27)25(11-22-17)10-15(20)21-8-7-12-5-6-13(28-3)14(9-12)29-4/h5-6,9,11H,7-8,10H2,1-4H3,(H2,20,21). The first-order valence-corrected chi connectivity index (χ1v) is 8.98. The Balaban J connectivity index is 1.76. The molecule has 0 amide bonds. The molecule has 2 heterocycles. The molecule has 0 atom stereocenters. The fourth-order valence-electron chi connectivity index (χ4n) is 3.11. The van der Waals surface area contributed by atoms with Crippen LogP contribution in [-0.4, -0.2) is 45.3 Å². The van der Waals surface area contributed by atoms with Crippen molar-refractivity contribution in [2.75, 3.05) is 20.8 Å². The van der Waals surface area contributed by atoms with E-state index in [2.05, 4.69) is 9.98 Å². The highest BCUT2D eigenvalue weighted by atomic mass is 16.5. The summed E-state index contributed by atoms with van der Waals surface area (Å²) in [6, 6.07) is 5.69. The van der Waals surface area contributed by atoms with Crippen molar-refractivity contribution in [3.05, 3.63) is 50.9 Å². The van der Waals surface area contributed by atoms with Crippen LogP contribution in [0.4, 0.5) is 0 Å². The Kier molecular flexibility index (Phi) is 5.71. The maximum atomic E-state index is 12.5. The van der Waals surface area contributed by atoms with Gasteiger partial charge < -0.3 is 19.8 Å². The lowest BCUT2D eigenvalue weighted by atomic mass is 10.1. The van der Waals surface area contributed by atoms with E-state index in [0.717, 1.165) is 10.1 Å². The molecule has 2 N–H and O–H groups in total. The van der Waals surface area contributed by atoms with Crippen molar-refractivity contribution >= 4 is 17.0 Å². The summed E-state index contributed by atoms with van der Waals surface area (Å²) in [5.41, 5.74) is 6.88. The summed E-state index contributed by atoms with van der Waals surface area (Å²) in [6.07, 6.45) is 2.16. The summed E-state index contributed by atoms with van der Waals surface area (Å²) in [5, 5.41) is 0. The molecule has 0 spiro atoms. The highest BCUT2D eigenvalue weighted by molar-refractivity contribution is 5.82. The average Bonchev–Trinajstić information content (AvgIpc) is 3.14. The second-order valence-electron chi connectivity index (χ2n) is 6.56. The van der Waals surface area contributed by atoms with Gasteiger partial charge in [-0.3, -0.25) is 18.9 Å². The Bertz CT molecular complexity index is 1190. The van der Waals surface area contributed by atoms with Crippen molar-refractivity contribution in [1.29, 1.82) is 0 Å². The van der Waals surface area contributed by atoms with Gasteiger partial charge >= 0.3 is 5.69 Å². The minimum absolute atomic E-state index is 0.204. The number of ether oxygens (including phenoxy) is 2. The molecule has 0 aliphatic rings. The van der Waals surface area contributed by atoms with Crippen molar-refractivity contribution < 1.29 is 9.47 Å². The molecule has 10 heteroatoms. The van der Waals surface area contributed by atoms with E-state index in [1.54, 1.807) is 25.8 Å². The number of methoxy groups -OCH3 is 2. The van der Waals surface area contributed by atoms with E-state index in [1.807, 2.05) is 18.2 Å². The first-order valence-electron chi connectivity index (χ1n) is 8.98. The summed E-state index contributed by atoms with van der Waals surface area (Å²) >= 11 is 0. The second kappa shape index (κ2) is 8.21. The number of aromatic nitrogens is 4. The zero-order valence-corrected chi connectivity index (χ0v) is 16.9. The number of hydrogen-bond donors (Lipinski definition) is 1. The van der Waals surface area contributed by atoms with Crippen molar-refractivity contribution in [1.82, 2.24) is 18.7 Å². The quantitative estimate of drug-likeness (QED) is 0.442. The number of nitrogens with two attached hydrogens (primary N) is 1. The number of aryl methyl sites for hydroxylation is 1. The van der Waals surface area contributed by atoms with E-state index in [4.69, 9.17) is 15.2 Å². The van der Waals surface area contributed by atoms with Crippen LogP contribution in [-0.2, 0) is 27.1 Å². The van der Waals surface area contributed by atoms with Gasteiger partial charge in [0, 0.05) is 20.6 Å². The van der Waals surface area contributed by atoms with Gasteiger partial charge in [-0.05, 0) is 24.1 Å². The zero-order valence-electron chi connectivity index (χ0n) is 16.9. The number of amidine groups is 1. The molecule has 1 aromatic carbocycles. The molecule has 0 aliphatic carbocycles. The Hall–Kier alpha value is -3.56. The van der Waals surface area contributed by atoms with Crippen molar-refractivity contribution in [2.45, 2.75) is 13.0 Å². The highest BCUT2D eigenvalue weighted by Gasteiger charge is 2.14. The van der Waals surface area contributed by atoms with Crippen molar-refractivity contribution in [3.63, 3.8) is 0 Å². The second-order valence-corrected chi connectivity index (χ2v) is 6.56. The molecule has 3 rings (SSSR count). The van der Waals surface area contributed by atoms with Crippen LogP contribution in [0.3, 0.4) is 0 Å². The van der Waals surface area contributed by atoms with Gasteiger partial charge in [-0.15, -0.1) is 0 Å². The maximum absolute atomic E-state index is 12.5. The molecule has 3 aromatic rings. The predicted octanol–water partition coefficient (Wildman–Crippen LogP) is 0.0508. The molecule has 0 unspecified atom stereocenters. The minimum Gasteiger partial charge on any atom is -0.493 e. The minimum atomic E-state index is -0.427. The zero-order chi connectivity index (χ0) is 21.1. The van der Waals surface area contributed by atoms with Gasteiger partial charge in [0.2, 0.25) is 0 Å². The predicted molar refractivity (Wildman–Crippen MR) is 110 cm³/mol. The number of rotatable bonds is 7. The van der Waals surface area contributed by atoms with E-state index >= 15 is 0 Å². The summed E-state index contributed by atoms with van der Waals surface area (Å²) in [4.78, 5) is 33.0. The summed E-state index contributed by atoms with van der Waals surface area (Å²) in [5.74, 6) is 1.69. The number of imidazole rings is 1. The third kappa shape index (κ3) is 3.86. The molecule has 0 bridgehead atoms. The van der Waals surface area contributed by atoms with Crippen LogP contribution in [0.25, 0.3) is 11.2 Å². The van der Waals surface area contributed by atoms with Crippen LogP contribution >= 0.6 is 0 Å². The number of hydrogen-bond acceptors (Lipinski definition) is 6. The lowest BCUT2D eigenvalue weighted by Crippen LogP contribution is -2.38. The van der Waals surface area contributed by atoms with Gasteiger partial charge in [0.1, 0.15) is 5.84 Å². The number of benzene rings is 1. The molecule has 0 radical (unpaired) electrons. The van der Waals surface area contributed by atoms with Gasteiger partial charge in [-0.25, -0.2) is 9.78 Å². The summed E-state index contributed by atoms with van der Waals surface area (Å²) < 4.78 is 14.5. The van der Waals surface area contributed by atoms with Gasteiger partial charge in [-0.1, -0.05) is 6.07 Å². The lowest BCUT2D eigenvalue weighted by molar-refractivity contribution is 0.354. The molecule has 0 saturated heterocycles. The Labute approximate surface area is 166 Å². The number of nitrogens with zero attached hydrogens (tertiary/aromatic N) is 5. The molecule has 10 nitrogen and oxygen atoms in total. The van der Waals surface area contributed by atoms with Crippen molar-refractivity contribution in [3.8, 4) is 11.5 Å². The fraction of sp³-hybridized carbons (Fsp3) is 0.368. The third-order valence-electron chi connectivity index (χ3n) is 4.71. The smallest absolute Gasteiger partial charge is 0.332 e. The normalized spacial score (nSPS) is 11.8. The number of aliphatic imine (C=N–C) groups is 1. The largest absolute Gasteiger partial charge is 0.493 e. The van der Waals surface area contributed by atoms with Gasteiger partial charge in [0.25, 0.3) is 5.56 Å². The molecule has 29 heavy (non-hydrogen) atoms. The lowest BCUT2D eigenvalue weighted by Gasteiger charge is -2.09. The topological polar surface area (TPSA) is 119 Å². The van der Waals surface area contributed by atoms with Crippen molar-refractivity contribution in [2.24, 2.45) is 24.8 Å². The van der Waals surface area contributed by atoms with Gasteiger partial charge in [-0.2, -0.15) is 0 Å². The maximum Gasteiger partial charge on any atom is 0.332 e. The van der Waals surface area contributed by atoms with E-state index in [1.165, 1.54) is 17.9 Å². The highest BCUT2D eigenvalue weighted by Crippen LogP contribution is 2.27. The first kappa shape index (κ1) is 20.2. The van der Waals surface area contributed by atoms with Crippen LogP contribution in [0.1, 0.15) is 5.56 Å². The Morgan fingerprint density at radius 2 is 1.86 bits per heavy atom. The SMILES string of the molecule is COc1ccc(CCN=C(N)Cn2cnc3c2c(=O)n(C)c(=O)n3C)cc1OC. The molecular weight excluding hydrogens is 376 g/mol. The third-order valence-corrected chi connectivity index (χ3v) is 4.71. The Morgan fingerprint density at radius 3 is 2.55 bits per heavy atom. The van der Waals surface area contributed by atoms with E-state index in [-0.39, 0.29) is 6.54 Å². The van der Waals surface area contributed by atoms with Gasteiger partial charge in [0.05, 0.1) is 27.1 Å². The molecule has 0 saturated carbocycles. The molecule has 154 valence electrons. The molecule has 0 fully saturated rings. The summed E-state index contributed by atoms with van der Waals surface area (Å²) in [7, 11) is 6.19. The molecule has 2 aromatic heterocycles. The molecule has 0 aliphatic heterocycles. The Morgan fingerprint density at radius 1 is 1.14 bits per heavy atom. The van der Waals surface area contributed by atoms with Crippen LogP contribution < -0.4 is 26.5 Å². The van der Waals surface area contributed by atoms with Crippen LogP contribution in [0, 0.1) is 0 Å². The number of fused-ring (bicyclic) bond motifs is 1. The monoisotopic (exact) mass is 400 g/mol. The first-order chi connectivity index (χ1) is 13.9. The van der Waals surface area contributed by atoms with Gasteiger partial charge in [0.15, 0.2) is 22.7 Å². The van der Waals surface area contributed by atoms with Crippen LogP contribution in [0.15, 0.2) is 39.1 Å². The molecular formula is C19H24N6O4. The summed E-state index contributed by atoms with van der Waals surface area (Å²) in [6.45, 7) is 0.681.